The van der Waals surface area contributed by atoms with Crippen LogP contribution < -0.4 is 10.6 Å². The first kappa shape index (κ1) is 17.5. The normalized spacial score (nSPS) is 12.9. The molecule has 0 saturated heterocycles. The maximum Gasteiger partial charge on any atom is 0.337 e. The van der Waals surface area contributed by atoms with E-state index in [-0.39, 0.29) is 18.4 Å². The fourth-order valence-corrected chi connectivity index (χ4v) is 1.69. The Balaban J connectivity index is 2.65. The highest BCUT2D eigenvalue weighted by molar-refractivity contribution is 5.90. The first-order valence-electron chi connectivity index (χ1n) is 6.97. The van der Waals surface area contributed by atoms with Gasteiger partial charge in [0.15, 0.2) is 0 Å². The minimum atomic E-state index is -0.910. The standard InChI is InChI=1S/C16H21N3O3/c1-11(2)16(3,10-17)19-14(20)9-18-13-7-5-6-12(8-13)15(21)22-4/h5-8,11,18H,9H2,1-4H3,(H,19,20)/t16-/m0/s1. The van der Waals surface area contributed by atoms with Crippen molar-refractivity contribution in [1.82, 2.24) is 5.32 Å². The summed E-state index contributed by atoms with van der Waals surface area (Å²) < 4.78 is 4.64. The minimum absolute atomic E-state index is 0.00855. The number of amides is 1. The third-order valence-corrected chi connectivity index (χ3v) is 3.52. The number of esters is 1. The van der Waals surface area contributed by atoms with Crippen LogP contribution in [0.3, 0.4) is 0 Å². The molecule has 1 amide bonds. The molecule has 0 saturated carbocycles. The van der Waals surface area contributed by atoms with E-state index in [1.165, 1.54) is 7.11 Å². The Hall–Kier alpha value is -2.55. The third-order valence-electron chi connectivity index (χ3n) is 3.52. The molecule has 1 rings (SSSR count). The van der Waals surface area contributed by atoms with E-state index in [0.29, 0.717) is 11.3 Å². The van der Waals surface area contributed by atoms with E-state index in [1.807, 2.05) is 13.8 Å². The van der Waals surface area contributed by atoms with Crippen molar-refractivity contribution in [2.45, 2.75) is 26.3 Å². The zero-order valence-electron chi connectivity index (χ0n) is 13.3. The van der Waals surface area contributed by atoms with Gasteiger partial charge in [-0.1, -0.05) is 19.9 Å². The molecule has 2 N–H and O–H groups in total. The van der Waals surface area contributed by atoms with Gasteiger partial charge in [-0.15, -0.1) is 0 Å². The summed E-state index contributed by atoms with van der Waals surface area (Å²) >= 11 is 0. The van der Waals surface area contributed by atoms with Gasteiger partial charge >= 0.3 is 5.97 Å². The van der Waals surface area contributed by atoms with E-state index < -0.39 is 11.5 Å². The van der Waals surface area contributed by atoms with E-state index in [4.69, 9.17) is 0 Å². The van der Waals surface area contributed by atoms with Gasteiger partial charge in [0, 0.05) is 5.69 Å². The summed E-state index contributed by atoms with van der Waals surface area (Å²) in [5.74, 6) is -0.740. The van der Waals surface area contributed by atoms with Crippen LogP contribution in [0.5, 0.6) is 0 Å². The molecule has 22 heavy (non-hydrogen) atoms. The quantitative estimate of drug-likeness (QED) is 0.784. The Morgan fingerprint density at radius 2 is 2.09 bits per heavy atom. The SMILES string of the molecule is COC(=O)c1cccc(NCC(=O)N[C@@](C)(C#N)C(C)C)c1. The average Bonchev–Trinajstić information content (AvgIpc) is 2.52. The molecule has 0 fully saturated rings. The number of methoxy groups -OCH3 is 1. The van der Waals surface area contributed by atoms with Crippen LogP contribution in [0.1, 0.15) is 31.1 Å². The van der Waals surface area contributed by atoms with Crippen molar-refractivity contribution >= 4 is 17.6 Å². The molecule has 118 valence electrons. The highest BCUT2D eigenvalue weighted by atomic mass is 16.5. The van der Waals surface area contributed by atoms with E-state index in [9.17, 15) is 14.9 Å². The topological polar surface area (TPSA) is 91.2 Å². The molecule has 0 unspecified atom stereocenters. The molecule has 0 heterocycles. The van der Waals surface area contributed by atoms with Crippen molar-refractivity contribution in [3.05, 3.63) is 29.8 Å². The van der Waals surface area contributed by atoms with Crippen molar-refractivity contribution in [3.8, 4) is 6.07 Å². The van der Waals surface area contributed by atoms with Gasteiger partial charge in [0.1, 0.15) is 5.54 Å². The second kappa shape index (κ2) is 7.46. The zero-order valence-corrected chi connectivity index (χ0v) is 13.3. The summed E-state index contributed by atoms with van der Waals surface area (Å²) in [7, 11) is 1.31. The van der Waals surface area contributed by atoms with Crippen LogP contribution in [-0.4, -0.2) is 31.1 Å². The lowest BCUT2D eigenvalue weighted by Crippen LogP contribution is -2.50. The van der Waals surface area contributed by atoms with Crippen molar-refractivity contribution < 1.29 is 14.3 Å². The number of benzene rings is 1. The number of carbonyl (C=O) groups excluding carboxylic acids is 2. The second-order valence-electron chi connectivity index (χ2n) is 5.44. The molecule has 0 aromatic heterocycles. The van der Waals surface area contributed by atoms with Crippen LogP contribution in [0.4, 0.5) is 5.69 Å². The van der Waals surface area contributed by atoms with Crippen LogP contribution in [0.25, 0.3) is 0 Å². The Bertz CT molecular complexity index is 593. The number of hydrogen-bond acceptors (Lipinski definition) is 5. The number of ether oxygens (including phenoxy) is 1. The van der Waals surface area contributed by atoms with Gasteiger partial charge in [0.05, 0.1) is 25.3 Å². The second-order valence-corrected chi connectivity index (χ2v) is 5.44. The van der Waals surface area contributed by atoms with Gasteiger partial charge in [0.2, 0.25) is 5.91 Å². The first-order valence-corrected chi connectivity index (χ1v) is 6.97. The molecule has 0 aliphatic rings. The van der Waals surface area contributed by atoms with Crippen molar-refractivity contribution in [1.29, 1.82) is 5.26 Å². The van der Waals surface area contributed by atoms with Gasteiger partial charge in [-0.25, -0.2) is 4.79 Å². The van der Waals surface area contributed by atoms with Crippen molar-refractivity contribution in [3.63, 3.8) is 0 Å². The number of nitriles is 1. The summed E-state index contributed by atoms with van der Waals surface area (Å²) in [6.45, 7) is 5.44. The summed E-state index contributed by atoms with van der Waals surface area (Å²) in [4.78, 5) is 23.4. The lowest BCUT2D eigenvalue weighted by molar-refractivity contribution is -0.121. The Kier molecular flexibility index (Phi) is 5.93. The van der Waals surface area contributed by atoms with Crippen LogP contribution in [-0.2, 0) is 9.53 Å². The lowest BCUT2D eigenvalue weighted by Gasteiger charge is -2.27. The summed E-state index contributed by atoms with van der Waals surface area (Å²) in [5, 5.41) is 14.8. The molecular weight excluding hydrogens is 282 g/mol. The van der Waals surface area contributed by atoms with E-state index >= 15 is 0 Å². The molecule has 0 aliphatic carbocycles. The highest BCUT2D eigenvalue weighted by Gasteiger charge is 2.29. The number of carbonyl (C=O) groups is 2. The number of nitrogens with one attached hydrogen (secondary N) is 2. The number of nitrogens with zero attached hydrogens (tertiary/aromatic N) is 1. The van der Waals surface area contributed by atoms with Gasteiger partial charge in [0.25, 0.3) is 0 Å². The largest absolute Gasteiger partial charge is 0.465 e. The van der Waals surface area contributed by atoms with Crippen LogP contribution >= 0.6 is 0 Å². The Morgan fingerprint density at radius 3 is 2.64 bits per heavy atom. The molecule has 1 atom stereocenters. The molecule has 1 aromatic carbocycles. The fourth-order valence-electron chi connectivity index (χ4n) is 1.69. The molecule has 0 bridgehead atoms. The maximum absolute atomic E-state index is 12.0. The maximum atomic E-state index is 12.0. The summed E-state index contributed by atoms with van der Waals surface area (Å²) in [6, 6.07) is 8.78. The molecule has 1 aromatic rings. The molecule has 0 radical (unpaired) electrons. The van der Waals surface area contributed by atoms with E-state index in [2.05, 4.69) is 21.4 Å². The Morgan fingerprint density at radius 1 is 1.41 bits per heavy atom. The van der Waals surface area contributed by atoms with E-state index in [1.54, 1.807) is 31.2 Å². The predicted octanol–water partition coefficient (Wildman–Crippen LogP) is 1.94. The van der Waals surface area contributed by atoms with E-state index in [0.717, 1.165) is 0 Å². The first-order chi connectivity index (χ1) is 10.3. The number of anilines is 1. The van der Waals surface area contributed by atoms with Crippen LogP contribution in [0, 0.1) is 17.2 Å². The minimum Gasteiger partial charge on any atom is -0.465 e. The predicted molar refractivity (Wildman–Crippen MR) is 83.3 cm³/mol. The van der Waals surface area contributed by atoms with Crippen molar-refractivity contribution in [2.24, 2.45) is 5.92 Å². The van der Waals surface area contributed by atoms with Crippen LogP contribution in [0.2, 0.25) is 0 Å². The molecule has 6 nitrogen and oxygen atoms in total. The summed E-state index contributed by atoms with van der Waals surface area (Å²) in [6.07, 6.45) is 0. The fraction of sp³-hybridized carbons (Fsp3) is 0.438. The zero-order chi connectivity index (χ0) is 16.8. The molecule has 0 spiro atoms. The summed E-state index contributed by atoms with van der Waals surface area (Å²) in [5.41, 5.74) is 0.116. The van der Waals surface area contributed by atoms with Gasteiger partial charge in [-0.05, 0) is 31.0 Å². The highest BCUT2D eigenvalue weighted by Crippen LogP contribution is 2.15. The Labute approximate surface area is 130 Å². The van der Waals surface area contributed by atoms with Gasteiger partial charge in [-0.3, -0.25) is 4.79 Å². The third kappa shape index (κ3) is 4.48. The molecule has 6 heteroatoms. The number of hydrogen-bond donors (Lipinski definition) is 2. The lowest BCUT2D eigenvalue weighted by atomic mass is 9.90. The van der Waals surface area contributed by atoms with Crippen LogP contribution in [0.15, 0.2) is 24.3 Å². The number of rotatable bonds is 6. The molecule has 0 aliphatic heterocycles. The van der Waals surface area contributed by atoms with Crippen molar-refractivity contribution in [2.75, 3.05) is 19.0 Å². The average molecular weight is 303 g/mol. The smallest absolute Gasteiger partial charge is 0.337 e. The van der Waals surface area contributed by atoms with Gasteiger partial charge in [-0.2, -0.15) is 5.26 Å². The molecular formula is C16H21N3O3. The van der Waals surface area contributed by atoms with Gasteiger partial charge < -0.3 is 15.4 Å². The monoisotopic (exact) mass is 303 g/mol.